The fourth-order valence-corrected chi connectivity index (χ4v) is 5.21. The summed E-state index contributed by atoms with van der Waals surface area (Å²) in [5, 5.41) is 7.89. The van der Waals surface area contributed by atoms with Gasteiger partial charge in [0.1, 0.15) is 0 Å². The number of carboxylic acids is 1. The summed E-state index contributed by atoms with van der Waals surface area (Å²) in [5.74, 6) is -1.33. The molecule has 5 nitrogen and oxygen atoms in total. The van der Waals surface area contributed by atoms with Crippen molar-refractivity contribution in [2.24, 2.45) is 0 Å². The number of benzene rings is 2. The highest BCUT2D eigenvalue weighted by atomic mass is 32.2. The maximum absolute atomic E-state index is 12.8. The van der Waals surface area contributed by atoms with Crippen molar-refractivity contribution in [2.45, 2.75) is 25.0 Å². The number of rotatable bonds is 7. The van der Waals surface area contributed by atoms with Crippen molar-refractivity contribution in [3.8, 4) is 11.1 Å². The Kier molecular flexibility index (Phi) is 6.35. The van der Waals surface area contributed by atoms with E-state index >= 15 is 0 Å². The van der Waals surface area contributed by atoms with E-state index in [0.717, 1.165) is 22.3 Å². The zero-order chi connectivity index (χ0) is 21.0. The first-order valence-electron chi connectivity index (χ1n) is 9.50. The molecule has 0 aromatic heterocycles. The van der Waals surface area contributed by atoms with Gasteiger partial charge in [-0.3, -0.25) is 4.79 Å². The summed E-state index contributed by atoms with van der Waals surface area (Å²) in [6.45, 7) is 5.75. The lowest BCUT2D eigenvalue weighted by Crippen LogP contribution is -2.44. The minimum Gasteiger partial charge on any atom is -0.480 e. The van der Waals surface area contributed by atoms with Crippen LogP contribution in [-0.4, -0.2) is 42.1 Å². The summed E-state index contributed by atoms with van der Waals surface area (Å²) < 4.78 is 26.8. The molecule has 1 atom stereocenters. The average Bonchev–Trinajstić information content (AvgIpc) is 2.72. The topological polar surface area (TPSA) is 74.7 Å². The van der Waals surface area contributed by atoms with Gasteiger partial charge in [-0.15, -0.1) is 6.58 Å². The number of hydrogen-bond acceptors (Lipinski definition) is 3. The quantitative estimate of drug-likeness (QED) is 0.693. The first-order valence-corrected chi connectivity index (χ1v) is 11.0. The van der Waals surface area contributed by atoms with Crippen LogP contribution in [0.1, 0.15) is 25.3 Å². The third-order valence-corrected chi connectivity index (χ3v) is 7.20. The lowest BCUT2D eigenvalue weighted by molar-refractivity contribution is -0.136. The molecule has 0 bridgehead atoms. The van der Waals surface area contributed by atoms with Crippen LogP contribution in [0.2, 0.25) is 0 Å². The zero-order valence-corrected chi connectivity index (χ0v) is 17.2. The molecule has 3 rings (SSSR count). The summed E-state index contributed by atoms with van der Waals surface area (Å²) in [6.07, 6.45) is 2.34. The van der Waals surface area contributed by atoms with E-state index in [-0.39, 0.29) is 19.5 Å². The molecule has 1 heterocycles. The van der Waals surface area contributed by atoms with E-state index in [1.807, 2.05) is 36.4 Å². The van der Waals surface area contributed by atoms with Gasteiger partial charge in [-0.1, -0.05) is 66.2 Å². The molecule has 0 aliphatic carbocycles. The molecule has 1 aliphatic rings. The van der Waals surface area contributed by atoms with Crippen LogP contribution in [0.15, 0.2) is 72.8 Å². The van der Waals surface area contributed by atoms with Crippen LogP contribution in [0.3, 0.4) is 0 Å². The fourth-order valence-electron chi connectivity index (χ4n) is 3.47. The Hall–Kier alpha value is -2.70. The molecule has 0 unspecified atom stereocenters. The zero-order valence-electron chi connectivity index (χ0n) is 16.4. The van der Waals surface area contributed by atoms with Crippen LogP contribution in [0.4, 0.5) is 0 Å². The Bertz CT molecular complexity index is 1020. The summed E-state index contributed by atoms with van der Waals surface area (Å²) in [4.78, 5) is 11.5. The van der Waals surface area contributed by atoms with Crippen LogP contribution < -0.4 is 0 Å². The largest absolute Gasteiger partial charge is 0.480 e. The Morgan fingerprint density at radius 1 is 1.07 bits per heavy atom. The van der Waals surface area contributed by atoms with E-state index < -0.39 is 21.2 Å². The van der Waals surface area contributed by atoms with Gasteiger partial charge in [0.15, 0.2) is 5.25 Å². The second-order valence-electron chi connectivity index (χ2n) is 7.31. The second-order valence-corrected chi connectivity index (χ2v) is 9.43. The number of carbonyl (C=O) groups is 1. The van der Waals surface area contributed by atoms with Gasteiger partial charge in [-0.2, -0.15) is 4.31 Å². The summed E-state index contributed by atoms with van der Waals surface area (Å²) in [5.41, 5.74) is 4.93. The molecule has 0 amide bonds. The molecular weight excluding hydrogens is 386 g/mol. The summed E-state index contributed by atoms with van der Waals surface area (Å²) in [7, 11) is -3.94. The van der Waals surface area contributed by atoms with Crippen molar-refractivity contribution >= 4 is 21.6 Å². The minimum absolute atomic E-state index is 0.0777. The summed E-state index contributed by atoms with van der Waals surface area (Å²) in [6, 6.07) is 18.3. The van der Waals surface area contributed by atoms with Crippen LogP contribution in [0, 0.1) is 0 Å². The molecule has 0 fully saturated rings. The first-order chi connectivity index (χ1) is 13.8. The van der Waals surface area contributed by atoms with Gasteiger partial charge in [0, 0.05) is 13.1 Å². The SMILES string of the molecule is C=C(C)C[C@H](C(=O)O)S(=O)(=O)N1CC=C(c2ccc(-c3ccccc3)cc2)CC1. The lowest BCUT2D eigenvalue weighted by Gasteiger charge is -2.28. The van der Waals surface area contributed by atoms with E-state index in [1.165, 1.54) is 4.31 Å². The Morgan fingerprint density at radius 3 is 2.17 bits per heavy atom. The van der Waals surface area contributed by atoms with E-state index in [0.29, 0.717) is 12.0 Å². The third kappa shape index (κ3) is 4.83. The highest BCUT2D eigenvalue weighted by molar-refractivity contribution is 7.90. The maximum atomic E-state index is 12.8. The summed E-state index contributed by atoms with van der Waals surface area (Å²) >= 11 is 0. The Morgan fingerprint density at radius 2 is 1.66 bits per heavy atom. The Balaban J connectivity index is 1.75. The number of sulfonamides is 1. The fraction of sp³-hybridized carbons (Fsp3) is 0.261. The highest BCUT2D eigenvalue weighted by Crippen LogP contribution is 2.28. The number of nitrogens with zero attached hydrogens (tertiary/aromatic N) is 1. The predicted octanol–water partition coefficient (Wildman–Crippen LogP) is 4.19. The predicted molar refractivity (Wildman–Crippen MR) is 116 cm³/mol. The monoisotopic (exact) mass is 411 g/mol. The average molecular weight is 412 g/mol. The first kappa shape index (κ1) is 21.0. The molecule has 0 spiro atoms. The molecule has 0 saturated heterocycles. The van der Waals surface area contributed by atoms with E-state index in [1.54, 1.807) is 6.92 Å². The molecule has 2 aromatic carbocycles. The molecule has 2 aromatic rings. The molecule has 1 aliphatic heterocycles. The standard InChI is InChI=1S/C23H25NO4S/c1-17(2)16-22(23(25)26)29(27,28)24-14-12-21(13-15-24)20-10-8-19(9-11-20)18-6-4-3-5-7-18/h3-12,22H,1,13-16H2,2H3,(H,25,26)/t22-/m1/s1. The van der Waals surface area contributed by atoms with E-state index in [4.69, 9.17) is 0 Å². The van der Waals surface area contributed by atoms with Crippen molar-refractivity contribution in [3.63, 3.8) is 0 Å². The van der Waals surface area contributed by atoms with Crippen molar-refractivity contribution < 1.29 is 18.3 Å². The Labute approximate surface area is 172 Å². The maximum Gasteiger partial charge on any atom is 0.323 e. The van der Waals surface area contributed by atoms with Gasteiger partial charge in [0.25, 0.3) is 0 Å². The molecular formula is C23H25NO4S. The lowest BCUT2D eigenvalue weighted by atomic mass is 9.97. The molecule has 0 radical (unpaired) electrons. The van der Waals surface area contributed by atoms with Crippen molar-refractivity contribution in [1.29, 1.82) is 0 Å². The van der Waals surface area contributed by atoms with Crippen molar-refractivity contribution in [3.05, 3.63) is 78.4 Å². The smallest absolute Gasteiger partial charge is 0.323 e. The van der Waals surface area contributed by atoms with Crippen LogP contribution in [0.25, 0.3) is 16.7 Å². The van der Waals surface area contributed by atoms with Gasteiger partial charge >= 0.3 is 5.97 Å². The highest BCUT2D eigenvalue weighted by Gasteiger charge is 2.37. The van der Waals surface area contributed by atoms with Gasteiger partial charge in [-0.25, -0.2) is 8.42 Å². The molecule has 6 heteroatoms. The van der Waals surface area contributed by atoms with Gasteiger partial charge in [0.05, 0.1) is 0 Å². The van der Waals surface area contributed by atoms with Crippen molar-refractivity contribution in [2.75, 3.05) is 13.1 Å². The van der Waals surface area contributed by atoms with Gasteiger partial charge in [0.2, 0.25) is 10.0 Å². The van der Waals surface area contributed by atoms with Crippen molar-refractivity contribution in [1.82, 2.24) is 4.31 Å². The van der Waals surface area contributed by atoms with Gasteiger partial charge < -0.3 is 5.11 Å². The molecule has 152 valence electrons. The molecule has 1 N–H and O–H groups in total. The number of carboxylic acid groups (broad SMARTS) is 1. The normalized spacial score (nSPS) is 16.1. The van der Waals surface area contributed by atoms with Crippen LogP contribution in [-0.2, 0) is 14.8 Å². The second kappa shape index (κ2) is 8.76. The minimum atomic E-state index is -3.94. The number of allylic oxidation sites excluding steroid dienone is 1. The third-order valence-electron chi connectivity index (χ3n) is 5.06. The van der Waals surface area contributed by atoms with Crippen LogP contribution >= 0.6 is 0 Å². The van der Waals surface area contributed by atoms with Gasteiger partial charge in [-0.05, 0) is 42.0 Å². The number of aliphatic carboxylic acids is 1. The van der Waals surface area contributed by atoms with Crippen LogP contribution in [0.5, 0.6) is 0 Å². The number of hydrogen-bond donors (Lipinski definition) is 1. The van der Waals surface area contributed by atoms with E-state index in [2.05, 4.69) is 30.8 Å². The molecule has 29 heavy (non-hydrogen) atoms. The molecule has 0 saturated carbocycles. The van der Waals surface area contributed by atoms with E-state index in [9.17, 15) is 18.3 Å².